The van der Waals surface area contributed by atoms with Gasteiger partial charge in [0.1, 0.15) is 0 Å². The third-order valence-electron chi connectivity index (χ3n) is 6.94. The molecule has 23 heavy (non-hydrogen) atoms. The standard InChI is InChI=1S/C20H34N2O/c1-13(18-12-14-5-6-16(18)11-14)21-22-19(23)15-7-9-17(10-8-15)20(2,3)4/h14-18H,5-12H2,1-4H3,(H,22,23)/b21-13-/t14-,15?,16+,17?,18-/m0/s1. The molecule has 0 aliphatic heterocycles. The number of carbonyl (C=O) groups excluding carboxylic acids is 1. The lowest BCUT2D eigenvalue weighted by Crippen LogP contribution is -2.34. The second kappa shape index (κ2) is 6.57. The van der Waals surface area contributed by atoms with E-state index in [0.717, 1.165) is 36.3 Å². The molecule has 0 spiro atoms. The molecular weight excluding hydrogens is 284 g/mol. The summed E-state index contributed by atoms with van der Waals surface area (Å²) in [6.07, 6.45) is 9.87. The van der Waals surface area contributed by atoms with Crippen LogP contribution in [-0.4, -0.2) is 11.6 Å². The number of rotatable bonds is 3. The van der Waals surface area contributed by atoms with E-state index in [1.165, 1.54) is 38.5 Å². The number of carbonyl (C=O) groups is 1. The van der Waals surface area contributed by atoms with Gasteiger partial charge in [-0.05, 0) is 75.0 Å². The van der Waals surface area contributed by atoms with Gasteiger partial charge in [-0.3, -0.25) is 4.79 Å². The Morgan fingerprint density at radius 1 is 1.00 bits per heavy atom. The molecule has 0 heterocycles. The van der Waals surface area contributed by atoms with Crippen LogP contribution < -0.4 is 5.43 Å². The summed E-state index contributed by atoms with van der Waals surface area (Å²) in [4.78, 5) is 12.4. The zero-order valence-corrected chi connectivity index (χ0v) is 15.4. The largest absolute Gasteiger partial charge is 0.273 e. The summed E-state index contributed by atoms with van der Waals surface area (Å²) in [6.45, 7) is 9.07. The van der Waals surface area contributed by atoms with Crippen molar-refractivity contribution in [2.45, 2.75) is 79.1 Å². The first kappa shape index (κ1) is 17.0. The highest BCUT2D eigenvalue weighted by molar-refractivity contribution is 5.87. The van der Waals surface area contributed by atoms with Crippen LogP contribution in [-0.2, 0) is 4.79 Å². The molecule has 130 valence electrons. The molecule has 0 unspecified atom stereocenters. The van der Waals surface area contributed by atoms with E-state index in [9.17, 15) is 4.79 Å². The van der Waals surface area contributed by atoms with Gasteiger partial charge in [0.15, 0.2) is 0 Å². The second-order valence-corrected chi connectivity index (χ2v) is 9.43. The number of hydrazone groups is 1. The highest BCUT2D eigenvalue weighted by atomic mass is 16.2. The van der Waals surface area contributed by atoms with Crippen molar-refractivity contribution >= 4 is 11.6 Å². The Bertz CT molecular complexity index is 469. The smallest absolute Gasteiger partial charge is 0.243 e. The van der Waals surface area contributed by atoms with E-state index in [1.807, 2.05) is 0 Å². The third-order valence-corrected chi connectivity index (χ3v) is 6.94. The van der Waals surface area contributed by atoms with E-state index in [-0.39, 0.29) is 11.8 Å². The normalized spacial score (nSPS) is 37.9. The molecule has 0 radical (unpaired) electrons. The molecular formula is C20H34N2O. The molecule has 0 aromatic carbocycles. The van der Waals surface area contributed by atoms with Crippen molar-refractivity contribution in [3.05, 3.63) is 0 Å². The molecule has 2 bridgehead atoms. The predicted octanol–water partition coefficient (Wildman–Crippen LogP) is 4.77. The van der Waals surface area contributed by atoms with Crippen LogP contribution in [0.3, 0.4) is 0 Å². The Morgan fingerprint density at radius 3 is 2.22 bits per heavy atom. The Labute approximate surface area is 141 Å². The Kier molecular flexibility index (Phi) is 4.85. The van der Waals surface area contributed by atoms with Gasteiger partial charge in [-0.15, -0.1) is 0 Å². The zero-order chi connectivity index (χ0) is 16.6. The monoisotopic (exact) mass is 318 g/mol. The fourth-order valence-electron chi connectivity index (χ4n) is 5.30. The first-order valence-electron chi connectivity index (χ1n) is 9.68. The minimum Gasteiger partial charge on any atom is -0.273 e. The van der Waals surface area contributed by atoms with E-state index >= 15 is 0 Å². The lowest BCUT2D eigenvalue weighted by atomic mass is 9.70. The molecule has 3 fully saturated rings. The van der Waals surface area contributed by atoms with E-state index in [1.54, 1.807) is 0 Å². The van der Waals surface area contributed by atoms with Gasteiger partial charge in [0.2, 0.25) is 5.91 Å². The third kappa shape index (κ3) is 3.80. The maximum Gasteiger partial charge on any atom is 0.243 e. The highest BCUT2D eigenvalue weighted by Gasteiger charge is 2.40. The molecule has 0 aromatic heterocycles. The topological polar surface area (TPSA) is 41.5 Å². The van der Waals surface area contributed by atoms with Gasteiger partial charge in [0, 0.05) is 17.5 Å². The minimum absolute atomic E-state index is 0.153. The van der Waals surface area contributed by atoms with Crippen LogP contribution in [0.2, 0.25) is 0 Å². The van der Waals surface area contributed by atoms with Gasteiger partial charge in [-0.1, -0.05) is 27.2 Å². The Morgan fingerprint density at radius 2 is 1.70 bits per heavy atom. The van der Waals surface area contributed by atoms with Crippen LogP contribution in [0, 0.1) is 35.0 Å². The summed E-state index contributed by atoms with van der Waals surface area (Å²) < 4.78 is 0. The maximum atomic E-state index is 12.4. The maximum absolute atomic E-state index is 12.4. The summed E-state index contributed by atoms with van der Waals surface area (Å²) >= 11 is 0. The molecule has 3 aliphatic carbocycles. The fourth-order valence-corrected chi connectivity index (χ4v) is 5.30. The molecule has 3 aliphatic rings. The number of fused-ring (bicyclic) bond motifs is 2. The average molecular weight is 319 g/mol. The van der Waals surface area contributed by atoms with Crippen LogP contribution in [0.1, 0.15) is 79.1 Å². The van der Waals surface area contributed by atoms with Gasteiger partial charge in [-0.25, -0.2) is 5.43 Å². The lowest BCUT2D eigenvalue weighted by molar-refractivity contribution is -0.126. The second-order valence-electron chi connectivity index (χ2n) is 9.43. The quantitative estimate of drug-likeness (QED) is 0.591. The van der Waals surface area contributed by atoms with E-state index in [0.29, 0.717) is 11.3 Å². The van der Waals surface area contributed by atoms with Crippen molar-refractivity contribution in [1.82, 2.24) is 5.43 Å². The number of nitrogens with zero attached hydrogens (tertiary/aromatic N) is 1. The average Bonchev–Trinajstić information content (AvgIpc) is 3.14. The molecule has 0 saturated heterocycles. The number of nitrogens with one attached hydrogen (secondary N) is 1. The van der Waals surface area contributed by atoms with E-state index in [4.69, 9.17) is 0 Å². The molecule has 1 N–H and O–H groups in total. The number of hydrogen-bond donors (Lipinski definition) is 1. The fraction of sp³-hybridized carbons (Fsp3) is 0.900. The number of hydrogen-bond acceptors (Lipinski definition) is 2. The van der Waals surface area contributed by atoms with Crippen molar-refractivity contribution in [3.8, 4) is 0 Å². The molecule has 3 nitrogen and oxygen atoms in total. The SMILES string of the molecule is C/C(=N/NC(=O)C1CCC(C(C)(C)C)CC1)[C@@H]1C[C@H]2CC[C@@H]1C2. The molecule has 0 aromatic rings. The Hall–Kier alpha value is -0.860. The molecule has 3 heteroatoms. The van der Waals surface area contributed by atoms with E-state index in [2.05, 4.69) is 38.2 Å². The van der Waals surface area contributed by atoms with Crippen molar-refractivity contribution in [1.29, 1.82) is 0 Å². The first-order valence-corrected chi connectivity index (χ1v) is 9.68. The molecule has 3 rings (SSSR count). The summed E-state index contributed by atoms with van der Waals surface area (Å²) in [7, 11) is 0. The van der Waals surface area contributed by atoms with Gasteiger partial charge < -0.3 is 0 Å². The minimum atomic E-state index is 0.153. The lowest BCUT2D eigenvalue weighted by Gasteiger charge is -2.36. The van der Waals surface area contributed by atoms with Crippen molar-refractivity contribution in [3.63, 3.8) is 0 Å². The summed E-state index contributed by atoms with van der Waals surface area (Å²) in [5.74, 6) is 3.47. The van der Waals surface area contributed by atoms with Gasteiger partial charge in [0.25, 0.3) is 0 Å². The zero-order valence-electron chi connectivity index (χ0n) is 15.4. The predicted molar refractivity (Wildman–Crippen MR) is 95.1 cm³/mol. The molecule has 3 saturated carbocycles. The highest BCUT2D eigenvalue weighted by Crippen LogP contribution is 2.48. The van der Waals surface area contributed by atoms with E-state index < -0.39 is 0 Å². The molecule has 3 atom stereocenters. The summed E-state index contributed by atoms with van der Waals surface area (Å²) in [6, 6.07) is 0. The summed E-state index contributed by atoms with van der Waals surface area (Å²) in [5.41, 5.74) is 4.43. The van der Waals surface area contributed by atoms with Crippen molar-refractivity contribution in [2.75, 3.05) is 0 Å². The van der Waals surface area contributed by atoms with Crippen LogP contribution in [0.5, 0.6) is 0 Å². The Balaban J connectivity index is 1.47. The van der Waals surface area contributed by atoms with Gasteiger partial charge in [-0.2, -0.15) is 5.10 Å². The van der Waals surface area contributed by atoms with Gasteiger partial charge in [0.05, 0.1) is 0 Å². The summed E-state index contributed by atoms with van der Waals surface area (Å²) in [5, 5.41) is 4.48. The van der Waals surface area contributed by atoms with Crippen LogP contribution in [0.4, 0.5) is 0 Å². The van der Waals surface area contributed by atoms with Gasteiger partial charge >= 0.3 is 0 Å². The van der Waals surface area contributed by atoms with Crippen LogP contribution >= 0.6 is 0 Å². The van der Waals surface area contributed by atoms with Crippen molar-refractivity contribution < 1.29 is 4.79 Å². The first-order chi connectivity index (χ1) is 10.8. The van der Waals surface area contributed by atoms with Crippen molar-refractivity contribution in [2.24, 2.45) is 40.1 Å². The number of amides is 1. The van der Waals surface area contributed by atoms with Crippen LogP contribution in [0.15, 0.2) is 5.10 Å². The van der Waals surface area contributed by atoms with Crippen LogP contribution in [0.25, 0.3) is 0 Å². The molecule has 1 amide bonds.